The van der Waals surface area contributed by atoms with Crippen molar-refractivity contribution < 1.29 is 19.5 Å². The number of benzene rings is 2. The molecule has 0 aromatic heterocycles. The highest BCUT2D eigenvalue weighted by atomic mass is 16.4. The highest BCUT2D eigenvalue weighted by Crippen LogP contribution is 2.32. The molecule has 0 radical (unpaired) electrons. The third-order valence-electron chi connectivity index (χ3n) is 5.61. The Balaban J connectivity index is 1.53. The topological polar surface area (TPSA) is 77.9 Å². The van der Waals surface area contributed by atoms with E-state index in [0.717, 1.165) is 16.5 Å². The first-order chi connectivity index (χ1) is 13.0. The number of carbonyl (C=O) groups excluding carboxylic acids is 2. The van der Waals surface area contributed by atoms with Crippen LogP contribution < -0.4 is 4.90 Å². The molecule has 1 N–H and O–H groups in total. The Bertz CT molecular complexity index is 905. The average Bonchev–Trinajstić information content (AvgIpc) is 3.08. The number of nitrogens with zero attached hydrogens (tertiary/aromatic N) is 2. The Labute approximate surface area is 157 Å². The summed E-state index contributed by atoms with van der Waals surface area (Å²) < 4.78 is 0. The van der Waals surface area contributed by atoms with Crippen molar-refractivity contribution in [3.05, 3.63) is 42.5 Å². The number of likely N-dealkylation sites (tertiary alicyclic amines) is 1. The van der Waals surface area contributed by atoms with Crippen molar-refractivity contribution in [2.75, 3.05) is 24.5 Å². The van der Waals surface area contributed by atoms with Crippen LogP contribution in [-0.2, 0) is 14.4 Å². The van der Waals surface area contributed by atoms with Gasteiger partial charge >= 0.3 is 5.97 Å². The van der Waals surface area contributed by atoms with E-state index in [4.69, 9.17) is 0 Å². The number of anilines is 1. The van der Waals surface area contributed by atoms with Crippen LogP contribution in [0.3, 0.4) is 0 Å². The molecule has 4 rings (SSSR count). The molecule has 2 atom stereocenters. The van der Waals surface area contributed by atoms with Crippen LogP contribution in [0.2, 0.25) is 0 Å². The fourth-order valence-corrected chi connectivity index (χ4v) is 4.19. The summed E-state index contributed by atoms with van der Waals surface area (Å²) in [7, 11) is 0. The van der Waals surface area contributed by atoms with Gasteiger partial charge < -0.3 is 14.9 Å². The summed E-state index contributed by atoms with van der Waals surface area (Å²) in [5, 5.41) is 11.3. The molecule has 140 valence electrons. The Hall–Kier alpha value is -2.89. The minimum absolute atomic E-state index is 0.0588. The molecule has 0 saturated carbocycles. The Kier molecular flexibility index (Phi) is 4.56. The summed E-state index contributed by atoms with van der Waals surface area (Å²) in [6, 6.07) is 13.7. The first-order valence-electron chi connectivity index (χ1n) is 9.34. The number of amides is 2. The number of carbonyl (C=O) groups is 3. The number of aliphatic carboxylic acids is 1. The molecule has 2 amide bonds. The van der Waals surface area contributed by atoms with Crippen molar-refractivity contribution in [2.24, 2.45) is 11.8 Å². The lowest BCUT2D eigenvalue weighted by Gasteiger charge is -2.32. The predicted molar refractivity (Wildman–Crippen MR) is 101 cm³/mol. The Morgan fingerprint density at radius 2 is 1.78 bits per heavy atom. The molecular formula is C21H22N2O4. The van der Waals surface area contributed by atoms with Gasteiger partial charge in [-0.25, -0.2) is 0 Å². The lowest BCUT2D eigenvalue weighted by molar-refractivity contribution is -0.146. The third-order valence-corrected chi connectivity index (χ3v) is 5.61. The molecule has 2 aliphatic heterocycles. The summed E-state index contributed by atoms with van der Waals surface area (Å²) in [5.74, 6) is -1.93. The minimum Gasteiger partial charge on any atom is -0.481 e. The zero-order chi connectivity index (χ0) is 19.0. The molecule has 0 aliphatic carbocycles. The van der Waals surface area contributed by atoms with Gasteiger partial charge in [-0.05, 0) is 24.3 Å². The van der Waals surface area contributed by atoms with Crippen LogP contribution in [0.1, 0.15) is 19.3 Å². The number of carboxylic acids is 1. The van der Waals surface area contributed by atoms with Gasteiger partial charge in [-0.15, -0.1) is 0 Å². The number of piperidine rings is 1. The van der Waals surface area contributed by atoms with Crippen LogP contribution in [-0.4, -0.2) is 47.4 Å². The molecule has 2 heterocycles. The van der Waals surface area contributed by atoms with E-state index >= 15 is 0 Å². The third kappa shape index (κ3) is 3.27. The van der Waals surface area contributed by atoms with Gasteiger partial charge in [0.1, 0.15) is 0 Å². The summed E-state index contributed by atoms with van der Waals surface area (Å²) in [4.78, 5) is 40.1. The lowest BCUT2D eigenvalue weighted by atomic mass is 9.96. The van der Waals surface area contributed by atoms with E-state index in [1.54, 1.807) is 9.80 Å². The summed E-state index contributed by atoms with van der Waals surface area (Å²) in [6.45, 7) is 1.16. The summed E-state index contributed by atoms with van der Waals surface area (Å²) in [5.41, 5.74) is 0.829. The highest BCUT2D eigenvalue weighted by molar-refractivity contribution is 6.07. The summed E-state index contributed by atoms with van der Waals surface area (Å²) in [6.07, 6.45) is 1.47. The smallest absolute Gasteiger partial charge is 0.308 e. The van der Waals surface area contributed by atoms with E-state index in [2.05, 4.69) is 0 Å². The van der Waals surface area contributed by atoms with Gasteiger partial charge in [0.25, 0.3) is 0 Å². The van der Waals surface area contributed by atoms with E-state index in [1.165, 1.54) is 0 Å². The quantitative estimate of drug-likeness (QED) is 0.905. The van der Waals surface area contributed by atoms with Crippen LogP contribution in [0, 0.1) is 11.8 Å². The van der Waals surface area contributed by atoms with Crippen LogP contribution in [0.5, 0.6) is 0 Å². The molecular weight excluding hydrogens is 344 g/mol. The van der Waals surface area contributed by atoms with Crippen LogP contribution in [0.15, 0.2) is 42.5 Å². The standard InChI is InChI=1S/C21H22N2O4/c24-19-11-16(20(25)22-10-4-7-15(12-22)21(26)27)13-23(19)18-9-3-6-14-5-1-2-8-17(14)18/h1-3,5-6,8-9,15-16H,4,7,10-13H2,(H,26,27). The molecule has 0 spiro atoms. The maximum absolute atomic E-state index is 12.9. The van der Waals surface area contributed by atoms with Gasteiger partial charge in [-0.3, -0.25) is 14.4 Å². The van der Waals surface area contributed by atoms with Crippen LogP contribution in [0.25, 0.3) is 10.8 Å². The maximum atomic E-state index is 12.9. The largest absolute Gasteiger partial charge is 0.481 e. The SMILES string of the molecule is O=C(O)C1CCCN(C(=O)C2CC(=O)N(c3cccc4ccccc34)C2)C1. The summed E-state index contributed by atoms with van der Waals surface area (Å²) >= 11 is 0. The lowest BCUT2D eigenvalue weighted by Crippen LogP contribution is -2.45. The first-order valence-corrected chi connectivity index (χ1v) is 9.34. The fraction of sp³-hybridized carbons (Fsp3) is 0.381. The Morgan fingerprint density at radius 3 is 2.59 bits per heavy atom. The second-order valence-corrected chi connectivity index (χ2v) is 7.37. The number of carboxylic acid groups (broad SMARTS) is 1. The molecule has 2 unspecified atom stereocenters. The molecule has 2 aliphatic rings. The number of hydrogen-bond donors (Lipinski definition) is 1. The molecule has 0 bridgehead atoms. The van der Waals surface area contributed by atoms with Gasteiger partial charge in [0.15, 0.2) is 0 Å². The Morgan fingerprint density at radius 1 is 1.00 bits per heavy atom. The zero-order valence-corrected chi connectivity index (χ0v) is 15.0. The van der Waals surface area contributed by atoms with E-state index in [0.29, 0.717) is 25.9 Å². The number of rotatable bonds is 3. The van der Waals surface area contributed by atoms with Crippen molar-refractivity contribution in [3.63, 3.8) is 0 Å². The fourth-order valence-electron chi connectivity index (χ4n) is 4.19. The monoisotopic (exact) mass is 366 g/mol. The predicted octanol–water partition coefficient (Wildman–Crippen LogP) is 2.52. The molecule has 2 saturated heterocycles. The highest BCUT2D eigenvalue weighted by Gasteiger charge is 2.39. The number of hydrogen-bond acceptors (Lipinski definition) is 3. The van der Waals surface area contributed by atoms with Gasteiger partial charge in [-0.2, -0.15) is 0 Å². The normalized spacial score (nSPS) is 23.0. The van der Waals surface area contributed by atoms with Crippen molar-refractivity contribution in [2.45, 2.75) is 19.3 Å². The molecule has 2 aromatic carbocycles. The van der Waals surface area contributed by atoms with Crippen LogP contribution >= 0.6 is 0 Å². The van der Waals surface area contributed by atoms with E-state index < -0.39 is 17.8 Å². The molecule has 6 heteroatoms. The zero-order valence-electron chi connectivity index (χ0n) is 15.0. The van der Waals surface area contributed by atoms with Gasteiger partial charge in [0.05, 0.1) is 17.5 Å². The minimum atomic E-state index is -0.854. The van der Waals surface area contributed by atoms with E-state index in [9.17, 15) is 19.5 Å². The average molecular weight is 366 g/mol. The van der Waals surface area contributed by atoms with Gasteiger partial charge in [0, 0.05) is 31.4 Å². The van der Waals surface area contributed by atoms with Gasteiger partial charge in [0.2, 0.25) is 11.8 Å². The molecule has 2 fully saturated rings. The molecule has 2 aromatic rings. The van der Waals surface area contributed by atoms with Crippen LogP contribution in [0.4, 0.5) is 5.69 Å². The van der Waals surface area contributed by atoms with E-state index in [-0.39, 0.29) is 24.8 Å². The second kappa shape index (κ2) is 7.02. The second-order valence-electron chi connectivity index (χ2n) is 7.37. The maximum Gasteiger partial charge on any atom is 0.308 e. The van der Waals surface area contributed by atoms with Gasteiger partial charge in [-0.1, -0.05) is 36.4 Å². The van der Waals surface area contributed by atoms with Crippen molar-refractivity contribution in [1.29, 1.82) is 0 Å². The van der Waals surface area contributed by atoms with Crippen molar-refractivity contribution >= 4 is 34.2 Å². The number of fused-ring (bicyclic) bond motifs is 1. The van der Waals surface area contributed by atoms with Crippen molar-refractivity contribution in [1.82, 2.24) is 4.90 Å². The van der Waals surface area contributed by atoms with E-state index in [1.807, 2.05) is 42.5 Å². The first kappa shape index (κ1) is 17.5. The molecule has 6 nitrogen and oxygen atoms in total. The molecule has 27 heavy (non-hydrogen) atoms. The van der Waals surface area contributed by atoms with Crippen molar-refractivity contribution in [3.8, 4) is 0 Å².